The van der Waals surface area contributed by atoms with Crippen molar-refractivity contribution in [2.75, 3.05) is 31.1 Å². The van der Waals surface area contributed by atoms with Crippen molar-refractivity contribution in [2.45, 2.75) is 39.5 Å². The second-order valence-corrected chi connectivity index (χ2v) is 9.22. The summed E-state index contributed by atoms with van der Waals surface area (Å²) < 4.78 is 27.9. The first-order valence-electron chi connectivity index (χ1n) is 9.11. The standard InChI is InChI=1S/C21H28N2O2S/c1-15-6-7-17(3)20(14-15)22-10-12-23(13-11-22)26(24,25)21-9-8-16(2)18(4)19(21)5/h6-9,14H,10-13H2,1-5H3. The molecule has 0 unspecified atom stereocenters. The molecule has 1 fully saturated rings. The van der Waals surface area contributed by atoms with Crippen LogP contribution in [-0.2, 0) is 10.0 Å². The number of piperazine rings is 1. The van der Waals surface area contributed by atoms with Crippen LogP contribution in [0.1, 0.15) is 27.8 Å². The number of hydrogen-bond donors (Lipinski definition) is 0. The van der Waals surface area contributed by atoms with Gasteiger partial charge in [0, 0.05) is 31.9 Å². The molecule has 0 bridgehead atoms. The quantitative estimate of drug-likeness (QED) is 0.824. The van der Waals surface area contributed by atoms with Crippen molar-refractivity contribution in [3.05, 3.63) is 58.1 Å². The van der Waals surface area contributed by atoms with Crippen LogP contribution < -0.4 is 4.90 Å². The average molecular weight is 373 g/mol. The van der Waals surface area contributed by atoms with Gasteiger partial charge in [-0.05, 0) is 74.6 Å². The monoisotopic (exact) mass is 372 g/mol. The summed E-state index contributed by atoms with van der Waals surface area (Å²) in [6, 6.07) is 10.1. The fourth-order valence-electron chi connectivity index (χ4n) is 3.58. The summed E-state index contributed by atoms with van der Waals surface area (Å²) in [7, 11) is -3.45. The van der Waals surface area contributed by atoms with E-state index in [1.807, 2.05) is 26.8 Å². The van der Waals surface area contributed by atoms with Crippen LogP contribution >= 0.6 is 0 Å². The van der Waals surface area contributed by atoms with E-state index in [4.69, 9.17) is 0 Å². The van der Waals surface area contributed by atoms with Crippen molar-refractivity contribution >= 4 is 15.7 Å². The molecule has 3 rings (SSSR count). The Morgan fingerprint density at radius 2 is 1.38 bits per heavy atom. The fourth-order valence-corrected chi connectivity index (χ4v) is 5.28. The molecule has 0 atom stereocenters. The van der Waals surface area contributed by atoms with Gasteiger partial charge in [-0.3, -0.25) is 0 Å². The lowest BCUT2D eigenvalue weighted by Gasteiger charge is -2.36. The van der Waals surface area contributed by atoms with Crippen LogP contribution in [0, 0.1) is 34.6 Å². The van der Waals surface area contributed by atoms with Gasteiger partial charge in [0.15, 0.2) is 0 Å². The van der Waals surface area contributed by atoms with E-state index in [1.54, 1.807) is 10.4 Å². The predicted molar refractivity (Wildman–Crippen MR) is 108 cm³/mol. The zero-order chi connectivity index (χ0) is 19.1. The van der Waals surface area contributed by atoms with Gasteiger partial charge >= 0.3 is 0 Å². The van der Waals surface area contributed by atoms with Gasteiger partial charge in [0.25, 0.3) is 0 Å². The van der Waals surface area contributed by atoms with Crippen molar-refractivity contribution < 1.29 is 8.42 Å². The number of anilines is 1. The van der Waals surface area contributed by atoms with Crippen LogP contribution in [0.15, 0.2) is 35.2 Å². The summed E-state index contributed by atoms with van der Waals surface area (Å²) in [5, 5.41) is 0. The van der Waals surface area contributed by atoms with Crippen LogP contribution in [0.2, 0.25) is 0 Å². The third kappa shape index (κ3) is 3.38. The van der Waals surface area contributed by atoms with E-state index in [2.05, 4.69) is 36.9 Å². The Hall–Kier alpha value is -1.85. The lowest BCUT2D eigenvalue weighted by molar-refractivity contribution is 0.384. The van der Waals surface area contributed by atoms with E-state index < -0.39 is 10.0 Å². The molecule has 0 N–H and O–H groups in total. The Kier molecular flexibility index (Phi) is 5.13. The number of sulfonamides is 1. The number of benzene rings is 2. The minimum Gasteiger partial charge on any atom is -0.369 e. The maximum Gasteiger partial charge on any atom is 0.243 e. The molecule has 2 aromatic carbocycles. The molecule has 1 aliphatic heterocycles. The zero-order valence-electron chi connectivity index (χ0n) is 16.3. The Bertz CT molecular complexity index is 927. The number of nitrogens with zero attached hydrogens (tertiary/aromatic N) is 2. The molecule has 140 valence electrons. The number of aryl methyl sites for hydroxylation is 3. The van der Waals surface area contributed by atoms with Crippen molar-refractivity contribution in [1.29, 1.82) is 0 Å². The van der Waals surface area contributed by atoms with Crippen molar-refractivity contribution in [3.8, 4) is 0 Å². The van der Waals surface area contributed by atoms with E-state index in [0.29, 0.717) is 31.1 Å². The van der Waals surface area contributed by atoms with E-state index in [-0.39, 0.29) is 0 Å². The summed E-state index contributed by atoms with van der Waals surface area (Å²) in [6.07, 6.45) is 0. The van der Waals surface area contributed by atoms with Crippen LogP contribution in [0.25, 0.3) is 0 Å². The van der Waals surface area contributed by atoms with Crippen molar-refractivity contribution in [3.63, 3.8) is 0 Å². The molecule has 1 saturated heterocycles. The third-order valence-electron chi connectivity index (χ3n) is 5.57. The molecule has 4 nitrogen and oxygen atoms in total. The normalized spacial score (nSPS) is 16.1. The summed E-state index contributed by atoms with van der Waals surface area (Å²) in [5.74, 6) is 0. The van der Waals surface area contributed by atoms with Gasteiger partial charge in [0.05, 0.1) is 4.90 Å². The van der Waals surface area contributed by atoms with Crippen LogP contribution in [0.5, 0.6) is 0 Å². The average Bonchev–Trinajstić information content (AvgIpc) is 2.61. The van der Waals surface area contributed by atoms with Gasteiger partial charge in [-0.2, -0.15) is 4.31 Å². The summed E-state index contributed by atoms with van der Waals surface area (Å²) >= 11 is 0. The van der Waals surface area contributed by atoms with Gasteiger partial charge in [0.1, 0.15) is 0 Å². The first-order valence-corrected chi connectivity index (χ1v) is 10.5. The fraction of sp³-hybridized carbons (Fsp3) is 0.429. The molecule has 0 amide bonds. The summed E-state index contributed by atoms with van der Waals surface area (Å²) in [6.45, 7) is 12.6. The minimum absolute atomic E-state index is 0.445. The maximum absolute atomic E-state index is 13.1. The van der Waals surface area contributed by atoms with Gasteiger partial charge < -0.3 is 4.90 Å². The second-order valence-electron chi connectivity index (χ2n) is 7.31. The predicted octanol–water partition coefficient (Wildman–Crippen LogP) is 3.74. The summed E-state index contributed by atoms with van der Waals surface area (Å²) in [4.78, 5) is 2.74. The second kappa shape index (κ2) is 7.05. The van der Waals surface area contributed by atoms with E-state index >= 15 is 0 Å². The number of hydrogen-bond acceptors (Lipinski definition) is 3. The minimum atomic E-state index is -3.45. The van der Waals surface area contributed by atoms with Gasteiger partial charge in [-0.15, -0.1) is 0 Å². The topological polar surface area (TPSA) is 40.6 Å². The Balaban J connectivity index is 1.81. The van der Waals surface area contributed by atoms with E-state index in [0.717, 1.165) is 16.7 Å². The van der Waals surface area contributed by atoms with E-state index in [9.17, 15) is 8.42 Å². The van der Waals surface area contributed by atoms with E-state index in [1.165, 1.54) is 16.8 Å². The van der Waals surface area contributed by atoms with Crippen molar-refractivity contribution in [2.24, 2.45) is 0 Å². The largest absolute Gasteiger partial charge is 0.369 e. The molecule has 0 saturated carbocycles. The highest BCUT2D eigenvalue weighted by Gasteiger charge is 2.30. The van der Waals surface area contributed by atoms with Crippen LogP contribution in [-0.4, -0.2) is 38.9 Å². The molecule has 1 heterocycles. The first kappa shape index (κ1) is 18.9. The lowest BCUT2D eigenvalue weighted by atomic mass is 10.1. The highest BCUT2D eigenvalue weighted by Crippen LogP contribution is 2.27. The van der Waals surface area contributed by atoms with Crippen LogP contribution in [0.3, 0.4) is 0 Å². The molecule has 1 aliphatic rings. The smallest absolute Gasteiger partial charge is 0.243 e. The van der Waals surface area contributed by atoms with Gasteiger partial charge in [-0.1, -0.05) is 18.2 Å². The molecule has 2 aromatic rings. The zero-order valence-corrected chi connectivity index (χ0v) is 17.2. The molecule has 26 heavy (non-hydrogen) atoms. The van der Waals surface area contributed by atoms with Gasteiger partial charge in [0.2, 0.25) is 10.0 Å². The van der Waals surface area contributed by atoms with Gasteiger partial charge in [-0.25, -0.2) is 8.42 Å². The molecular weight excluding hydrogens is 344 g/mol. The highest BCUT2D eigenvalue weighted by atomic mass is 32.2. The maximum atomic E-state index is 13.1. The Labute approximate surface area is 157 Å². The molecule has 0 aliphatic carbocycles. The van der Waals surface area contributed by atoms with Crippen molar-refractivity contribution in [1.82, 2.24) is 4.31 Å². The van der Waals surface area contributed by atoms with Crippen LogP contribution in [0.4, 0.5) is 5.69 Å². The SMILES string of the molecule is Cc1ccc(C)c(N2CCN(S(=O)(=O)c3ccc(C)c(C)c3C)CC2)c1. The highest BCUT2D eigenvalue weighted by molar-refractivity contribution is 7.89. The number of rotatable bonds is 3. The first-order chi connectivity index (χ1) is 12.2. The Morgan fingerprint density at radius 1 is 0.769 bits per heavy atom. The molecule has 0 aromatic heterocycles. The molecular formula is C21H28N2O2S. The lowest BCUT2D eigenvalue weighted by Crippen LogP contribution is -2.49. The molecule has 5 heteroatoms. The molecule has 0 spiro atoms. The third-order valence-corrected chi connectivity index (χ3v) is 7.61. The summed E-state index contributed by atoms with van der Waals surface area (Å²) in [5.41, 5.74) is 6.72. The molecule has 0 radical (unpaired) electrons. The Morgan fingerprint density at radius 3 is 2.04 bits per heavy atom.